The fourth-order valence-corrected chi connectivity index (χ4v) is 5.63. The summed E-state index contributed by atoms with van der Waals surface area (Å²) in [6, 6.07) is 6.20. The van der Waals surface area contributed by atoms with Crippen LogP contribution in [-0.2, 0) is 38.7 Å². The summed E-state index contributed by atoms with van der Waals surface area (Å²) >= 11 is 0. The van der Waals surface area contributed by atoms with Gasteiger partial charge in [0.25, 0.3) is 5.95 Å². The number of benzene rings is 2. The Balaban J connectivity index is 1.82. The number of rotatable bonds is 8. The molecule has 2 aromatic carbocycles. The predicted molar refractivity (Wildman–Crippen MR) is 144 cm³/mol. The molecule has 7 nitrogen and oxygen atoms in total. The number of aryl methyl sites for hydroxylation is 1. The van der Waals surface area contributed by atoms with Gasteiger partial charge in [0, 0.05) is 38.1 Å². The normalized spacial score (nSPS) is 16.2. The summed E-state index contributed by atoms with van der Waals surface area (Å²) in [7, 11) is 1.38. The highest BCUT2D eigenvalue weighted by atomic mass is 19.4. The Labute approximate surface area is 253 Å². The van der Waals surface area contributed by atoms with Crippen LogP contribution in [0.3, 0.4) is 0 Å². The standard InChI is InChI=1S/C29H30F9N7/c1-17(2)25(44-8-6-18(14-39)7-9-44)24-5-4-21(27(30,31)32)12-20(24)16-45(26-40-42-43(3)41-26)15-19-10-22(28(33,34)35)13-23(11-19)29(36,37)38/h4-5,10-13,17-18,25H,6-9,15-16H2,1-3H3/t25-/m1/s1. The minimum Gasteiger partial charge on any atom is -0.330 e. The minimum absolute atomic E-state index is 0.00203. The monoisotopic (exact) mass is 647 g/mol. The van der Waals surface area contributed by atoms with Crippen LogP contribution in [-0.4, -0.2) is 38.2 Å². The van der Waals surface area contributed by atoms with Crippen LogP contribution in [0.5, 0.6) is 0 Å². The van der Waals surface area contributed by atoms with Gasteiger partial charge in [-0.2, -0.15) is 49.6 Å². The number of hydrogen-bond donors (Lipinski definition) is 0. The number of aromatic nitrogens is 4. The van der Waals surface area contributed by atoms with E-state index in [0.29, 0.717) is 43.6 Å². The summed E-state index contributed by atoms with van der Waals surface area (Å²) < 4.78 is 123. The van der Waals surface area contributed by atoms with E-state index in [-0.39, 0.29) is 36.0 Å². The Morgan fingerprint density at radius 3 is 1.91 bits per heavy atom. The first kappa shape index (κ1) is 34.0. The second-order valence-electron chi connectivity index (χ2n) is 11.4. The number of hydrogen-bond acceptors (Lipinski definition) is 6. The average molecular weight is 648 g/mol. The van der Waals surface area contributed by atoms with Gasteiger partial charge in [-0.25, -0.2) is 0 Å². The first-order valence-corrected chi connectivity index (χ1v) is 14.0. The SMILES string of the molecule is CC(C)[C@H](c1ccc(C(F)(F)F)cc1CN(Cc1cc(C(F)(F)F)cc(C(F)(F)F)c1)c1nnn(C)n1)N1CCC(C#N)CC1. The summed E-state index contributed by atoms with van der Waals surface area (Å²) in [4.78, 5) is 4.29. The van der Waals surface area contributed by atoms with E-state index >= 15 is 0 Å². The molecular formula is C29H30F9N7. The number of tetrazole rings is 1. The highest BCUT2D eigenvalue weighted by molar-refractivity contribution is 5.42. The summed E-state index contributed by atoms with van der Waals surface area (Å²) in [5, 5.41) is 20.9. The van der Waals surface area contributed by atoms with Crippen LogP contribution >= 0.6 is 0 Å². The van der Waals surface area contributed by atoms with Gasteiger partial charge in [-0.3, -0.25) is 4.90 Å². The van der Waals surface area contributed by atoms with Gasteiger partial charge in [-0.05, 0) is 71.0 Å². The zero-order valence-corrected chi connectivity index (χ0v) is 24.5. The number of nitriles is 1. The van der Waals surface area contributed by atoms with E-state index in [9.17, 15) is 44.8 Å². The molecule has 0 unspecified atom stereocenters. The molecular weight excluding hydrogens is 617 g/mol. The molecule has 1 aliphatic heterocycles. The maximum absolute atomic E-state index is 13.9. The molecule has 0 bridgehead atoms. The van der Waals surface area contributed by atoms with E-state index in [1.165, 1.54) is 18.0 Å². The third kappa shape index (κ3) is 8.24. The van der Waals surface area contributed by atoms with Gasteiger partial charge in [0.15, 0.2) is 0 Å². The highest BCUT2D eigenvalue weighted by Gasteiger charge is 2.38. The third-order valence-corrected chi connectivity index (χ3v) is 7.69. The molecule has 244 valence electrons. The van der Waals surface area contributed by atoms with Crippen molar-refractivity contribution >= 4 is 5.95 Å². The quantitative estimate of drug-likeness (QED) is 0.237. The molecule has 0 spiro atoms. The topological polar surface area (TPSA) is 73.9 Å². The van der Waals surface area contributed by atoms with Crippen LogP contribution in [0.2, 0.25) is 0 Å². The lowest BCUT2D eigenvalue weighted by atomic mass is 9.87. The fraction of sp³-hybridized carbons (Fsp3) is 0.517. The fourth-order valence-electron chi connectivity index (χ4n) is 5.63. The van der Waals surface area contributed by atoms with Crippen LogP contribution in [0.15, 0.2) is 36.4 Å². The molecule has 2 heterocycles. The van der Waals surface area contributed by atoms with Gasteiger partial charge in [-0.15, -0.1) is 5.10 Å². The summed E-state index contributed by atoms with van der Waals surface area (Å²) in [5.74, 6) is -0.462. The molecule has 4 rings (SSSR count). The molecule has 0 aliphatic carbocycles. The van der Waals surface area contributed by atoms with Crippen LogP contribution < -0.4 is 4.90 Å². The van der Waals surface area contributed by atoms with Crippen molar-refractivity contribution in [2.45, 2.75) is 64.3 Å². The van der Waals surface area contributed by atoms with Gasteiger partial charge in [0.05, 0.1) is 29.8 Å². The zero-order chi connectivity index (χ0) is 33.3. The maximum atomic E-state index is 13.9. The summed E-state index contributed by atoms with van der Waals surface area (Å²) in [6.45, 7) is 3.83. The zero-order valence-electron chi connectivity index (χ0n) is 24.5. The lowest BCUT2D eigenvalue weighted by Gasteiger charge is -2.39. The number of nitrogens with zero attached hydrogens (tertiary/aromatic N) is 7. The van der Waals surface area contributed by atoms with Crippen molar-refractivity contribution in [2.75, 3.05) is 18.0 Å². The predicted octanol–water partition coefficient (Wildman–Crippen LogP) is 7.41. The molecule has 1 aromatic heterocycles. The van der Waals surface area contributed by atoms with Crippen molar-refractivity contribution < 1.29 is 39.5 Å². The molecule has 0 N–H and O–H groups in total. The molecule has 1 saturated heterocycles. The van der Waals surface area contributed by atoms with Crippen molar-refractivity contribution in [1.82, 2.24) is 25.1 Å². The van der Waals surface area contributed by atoms with E-state index in [4.69, 9.17) is 0 Å². The number of anilines is 1. The maximum Gasteiger partial charge on any atom is 0.416 e. The number of halogens is 9. The van der Waals surface area contributed by atoms with Gasteiger partial charge in [-0.1, -0.05) is 25.0 Å². The van der Waals surface area contributed by atoms with Crippen molar-refractivity contribution in [1.29, 1.82) is 5.26 Å². The average Bonchev–Trinajstić information content (AvgIpc) is 3.38. The molecule has 0 amide bonds. The van der Waals surface area contributed by atoms with Crippen LogP contribution in [0.25, 0.3) is 0 Å². The third-order valence-electron chi connectivity index (χ3n) is 7.69. The lowest BCUT2D eigenvalue weighted by molar-refractivity contribution is -0.143. The summed E-state index contributed by atoms with van der Waals surface area (Å²) in [6.07, 6.45) is -13.8. The van der Waals surface area contributed by atoms with Gasteiger partial charge < -0.3 is 4.90 Å². The molecule has 45 heavy (non-hydrogen) atoms. The van der Waals surface area contributed by atoms with E-state index in [2.05, 4.69) is 26.4 Å². The van der Waals surface area contributed by atoms with E-state index in [0.717, 1.165) is 16.9 Å². The number of alkyl halides is 9. The second kappa shape index (κ2) is 12.9. The molecule has 1 atom stereocenters. The van der Waals surface area contributed by atoms with E-state index in [1.54, 1.807) is 0 Å². The van der Waals surface area contributed by atoms with Crippen molar-refractivity contribution in [3.8, 4) is 6.07 Å². The Morgan fingerprint density at radius 2 is 1.44 bits per heavy atom. The molecule has 0 saturated carbocycles. The van der Waals surface area contributed by atoms with Crippen LogP contribution in [0.4, 0.5) is 45.5 Å². The van der Waals surface area contributed by atoms with E-state index < -0.39 is 53.4 Å². The molecule has 16 heteroatoms. The molecule has 3 aromatic rings. The smallest absolute Gasteiger partial charge is 0.330 e. The number of piperidine rings is 1. The first-order valence-electron chi connectivity index (χ1n) is 14.0. The molecule has 1 fully saturated rings. The van der Waals surface area contributed by atoms with Crippen molar-refractivity contribution in [3.63, 3.8) is 0 Å². The lowest BCUT2D eigenvalue weighted by Crippen LogP contribution is -2.39. The Hall–Kier alpha value is -3.87. The highest BCUT2D eigenvalue weighted by Crippen LogP contribution is 2.40. The Morgan fingerprint density at radius 1 is 0.867 bits per heavy atom. The van der Waals surface area contributed by atoms with Crippen LogP contribution in [0.1, 0.15) is 66.1 Å². The Bertz CT molecular complexity index is 1480. The Kier molecular flexibility index (Phi) is 9.72. The van der Waals surface area contributed by atoms with Gasteiger partial charge in [0.1, 0.15) is 0 Å². The number of likely N-dealkylation sites (tertiary alicyclic amines) is 1. The summed E-state index contributed by atoms with van der Waals surface area (Å²) in [5.41, 5.74) is -3.79. The largest absolute Gasteiger partial charge is 0.416 e. The molecule has 1 aliphatic rings. The first-order chi connectivity index (χ1) is 20.9. The van der Waals surface area contributed by atoms with Crippen molar-refractivity contribution in [3.05, 3.63) is 69.8 Å². The molecule has 0 radical (unpaired) electrons. The van der Waals surface area contributed by atoms with Crippen molar-refractivity contribution in [2.24, 2.45) is 18.9 Å². The van der Waals surface area contributed by atoms with E-state index in [1.807, 2.05) is 13.8 Å². The van der Waals surface area contributed by atoms with Crippen LogP contribution in [0, 0.1) is 23.2 Å². The second-order valence-corrected chi connectivity index (χ2v) is 11.4. The van der Waals surface area contributed by atoms with Gasteiger partial charge in [0.2, 0.25) is 0 Å². The van der Waals surface area contributed by atoms with Gasteiger partial charge >= 0.3 is 18.5 Å². The minimum atomic E-state index is -5.09.